The summed E-state index contributed by atoms with van der Waals surface area (Å²) >= 11 is 0. The molecule has 0 aromatic carbocycles. The van der Waals surface area contributed by atoms with Crippen LogP contribution in [0.2, 0.25) is 0 Å². The maximum absolute atomic E-state index is 3.74. The van der Waals surface area contributed by atoms with E-state index in [9.17, 15) is 0 Å². The van der Waals surface area contributed by atoms with Gasteiger partial charge in [-0.1, -0.05) is 82.4 Å². The van der Waals surface area contributed by atoms with Crippen molar-refractivity contribution in [1.29, 1.82) is 0 Å². The Balaban J connectivity index is 0. The van der Waals surface area contributed by atoms with Crippen LogP contribution in [0.1, 0.15) is 105 Å². The molecule has 0 heterocycles. The highest BCUT2D eigenvalue weighted by Crippen LogP contribution is 2.13. The average molecular weight is 333 g/mol. The van der Waals surface area contributed by atoms with E-state index < -0.39 is 0 Å². The van der Waals surface area contributed by atoms with Gasteiger partial charge in [0.25, 0.3) is 0 Å². The SMILES string of the molecule is C=CCCC(=CCCCC)CC.C=CCCC=C(CC)CCCC. The lowest BCUT2D eigenvalue weighted by Gasteiger charge is -2.02. The maximum atomic E-state index is 3.74. The van der Waals surface area contributed by atoms with Crippen molar-refractivity contribution in [1.82, 2.24) is 0 Å². The maximum Gasteiger partial charge on any atom is -0.0286 e. The minimum absolute atomic E-state index is 1.12. The molecule has 0 aliphatic carbocycles. The van der Waals surface area contributed by atoms with Crippen molar-refractivity contribution in [3.63, 3.8) is 0 Å². The lowest BCUT2D eigenvalue weighted by atomic mass is 10.0. The Morgan fingerprint density at radius 1 is 0.625 bits per heavy atom. The van der Waals surface area contributed by atoms with Crippen molar-refractivity contribution in [2.75, 3.05) is 0 Å². The molecule has 0 saturated heterocycles. The number of rotatable bonds is 14. The standard InChI is InChI=1S/2C12H22/c2*1-4-7-9-11-12(6-3)10-8-5-2/h5,11H,2,4,6-10H2,1,3H3;4,11H,1,5-10H2,2-3H3. The Bertz CT molecular complexity index is 330. The predicted molar refractivity (Wildman–Crippen MR) is 115 cm³/mol. The summed E-state index contributed by atoms with van der Waals surface area (Å²) in [6, 6.07) is 0. The summed E-state index contributed by atoms with van der Waals surface area (Å²) in [5, 5.41) is 0. The molecule has 0 bridgehead atoms. The minimum atomic E-state index is 1.12. The molecule has 24 heavy (non-hydrogen) atoms. The van der Waals surface area contributed by atoms with E-state index in [0.29, 0.717) is 0 Å². The third-order valence-electron chi connectivity index (χ3n) is 4.22. The Morgan fingerprint density at radius 3 is 1.67 bits per heavy atom. The average Bonchev–Trinajstić information content (AvgIpc) is 2.61. The van der Waals surface area contributed by atoms with Crippen molar-refractivity contribution in [3.8, 4) is 0 Å². The van der Waals surface area contributed by atoms with Crippen molar-refractivity contribution < 1.29 is 0 Å². The number of allylic oxidation sites excluding steroid dienone is 6. The van der Waals surface area contributed by atoms with Crippen LogP contribution in [0.5, 0.6) is 0 Å². The van der Waals surface area contributed by atoms with E-state index in [1.54, 1.807) is 11.1 Å². The summed E-state index contributed by atoms with van der Waals surface area (Å²) in [5.74, 6) is 0. The molecule has 0 N–H and O–H groups in total. The third kappa shape index (κ3) is 19.0. The van der Waals surface area contributed by atoms with Gasteiger partial charge in [-0.3, -0.25) is 0 Å². The first-order valence-electron chi connectivity index (χ1n) is 10.3. The van der Waals surface area contributed by atoms with Crippen LogP contribution in [0.15, 0.2) is 48.6 Å². The highest BCUT2D eigenvalue weighted by Gasteiger charge is 1.92. The smallest absolute Gasteiger partial charge is 0.0286 e. The largest absolute Gasteiger partial charge is 0.103 e. The minimum Gasteiger partial charge on any atom is -0.103 e. The molecule has 0 radical (unpaired) electrons. The van der Waals surface area contributed by atoms with Crippen LogP contribution in [0.25, 0.3) is 0 Å². The van der Waals surface area contributed by atoms with Crippen molar-refractivity contribution >= 4 is 0 Å². The van der Waals surface area contributed by atoms with Crippen LogP contribution in [0.3, 0.4) is 0 Å². The Labute approximate surface area is 153 Å². The van der Waals surface area contributed by atoms with Crippen LogP contribution in [-0.2, 0) is 0 Å². The third-order valence-corrected chi connectivity index (χ3v) is 4.22. The fraction of sp³-hybridized carbons (Fsp3) is 0.667. The van der Waals surface area contributed by atoms with E-state index in [0.717, 1.165) is 12.8 Å². The van der Waals surface area contributed by atoms with Gasteiger partial charge in [-0.05, 0) is 57.8 Å². The van der Waals surface area contributed by atoms with Gasteiger partial charge in [0.2, 0.25) is 0 Å². The molecule has 0 nitrogen and oxygen atoms in total. The van der Waals surface area contributed by atoms with E-state index in [-0.39, 0.29) is 0 Å². The summed E-state index contributed by atoms with van der Waals surface area (Å²) in [6.07, 6.45) is 23.7. The summed E-state index contributed by atoms with van der Waals surface area (Å²) in [7, 11) is 0. The number of unbranched alkanes of at least 4 members (excludes halogenated alkanes) is 4. The normalized spacial score (nSPS) is 11.7. The molecule has 0 rings (SSSR count). The Kier molecular flexibility index (Phi) is 23.1. The van der Waals surface area contributed by atoms with Gasteiger partial charge in [0.1, 0.15) is 0 Å². The zero-order valence-electron chi connectivity index (χ0n) is 17.2. The molecule has 0 saturated carbocycles. The van der Waals surface area contributed by atoms with Crippen LogP contribution in [-0.4, -0.2) is 0 Å². The van der Waals surface area contributed by atoms with Gasteiger partial charge in [0.05, 0.1) is 0 Å². The number of hydrogen-bond donors (Lipinski definition) is 0. The molecule has 0 aliphatic heterocycles. The van der Waals surface area contributed by atoms with Gasteiger partial charge < -0.3 is 0 Å². The van der Waals surface area contributed by atoms with Crippen molar-refractivity contribution in [2.24, 2.45) is 0 Å². The summed E-state index contributed by atoms with van der Waals surface area (Å²) in [5.41, 5.74) is 3.22. The molecule has 0 atom stereocenters. The molecule has 0 amide bonds. The van der Waals surface area contributed by atoms with Crippen molar-refractivity contribution in [3.05, 3.63) is 48.6 Å². The van der Waals surface area contributed by atoms with Crippen LogP contribution < -0.4 is 0 Å². The van der Waals surface area contributed by atoms with Gasteiger partial charge in [-0.15, -0.1) is 13.2 Å². The fourth-order valence-corrected chi connectivity index (χ4v) is 2.45. The molecule has 0 fully saturated rings. The monoisotopic (exact) mass is 332 g/mol. The van der Waals surface area contributed by atoms with E-state index in [4.69, 9.17) is 0 Å². The quantitative estimate of drug-likeness (QED) is 0.220. The molecule has 0 spiro atoms. The van der Waals surface area contributed by atoms with Gasteiger partial charge in [-0.25, -0.2) is 0 Å². The van der Waals surface area contributed by atoms with Crippen LogP contribution >= 0.6 is 0 Å². The highest BCUT2D eigenvalue weighted by atomic mass is 14.0. The van der Waals surface area contributed by atoms with Crippen molar-refractivity contribution in [2.45, 2.75) is 105 Å². The van der Waals surface area contributed by atoms with Gasteiger partial charge in [0.15, 0.2) is 0 Å². The van der Waals surface area contributed by atoms with E-state index in [2.05, 4.69) is 53.0 Å². The predicted octanol–water partition coefficient (Wildman–Crippen LogP) is 8.96. The van der Waals surface area contributed by atoms with Gasteiger partial charge in [0, 0.05) is 0 Å². The second kappa shape index (κ2) is 22.0. The second-order valence-electron chi connectivity index (χ2n) is 6.37. The summed E-state index contributed by atoms with van der Waals surface area (Å²) in [4.78, 5) is 0. The first-order chi connectivity index (χ1) is 11.7. The van der Waals surface area contributed by atoms with Gasteiger partial charge >= 0.3 is 0 Å². The van der Waals surface area contributed by atoms with Crippen LogP contribution in [0, 0.1) is 0 Å². The molecular formula is C24H44. The zero-order valence-corrected chi connectivity index (χ0v) is 17.2. The zero-order chi connectivity index (χ0) is 18.5. The molecule has 140 valence electrons. The van der Waals surface area contributed by atoms with E-state index in [1.807, 2.05) is 12.2 Å². The first-order valence-corrected chi connectivity index (χ1v) is 10.3. The Hall–Kier alpha value is -1.04. The summed E-state index contributed by atoms with van der Waals surface area (Å²) in [6.45, 7) is 16.4. The molecular weight excluding hydrogens is 288 g/mol. The summed E-state index contributed by atoms with van der Waals surface area (Å²) < 4.78 is 0. The molecule has 0 aromatic rings. The molecule has 0 aliphatic rings. The molecule has 0 aromatic heterocycles. The first kappa shape index (κ1) is 25.2. The van der Waals surface area contributed by atoms with E-state index in [1.165, 1.54) is 64.2 Å². The Morgan fingerprint density at radius 2 is 1.17 bits per heavy atom. The number of hydrogen-bond acceptors (Lipinski definition) is 0. The lowest BCUT2D eigenvalue weighted by Crippen LogP contribution is -1.82. The van der Waals surface area contributed by atoms with Gasteiger partial charge in [-0.2, -0.15) is 0 Å². The topological polar surface area (TPSA) is 0 Å². The van der Waals surface area contributed by atoms with Crippen LogP contribution in [0.4, 0.5) is 0 Å². The highest BCUT2D eigenvalue weighted by molar-refractivity contribution is 5.02. The molecule has 0 heteroatoms. The second-order valence-corrected chi connectivity index (χ2v) is 6.37. The lowest BCUT2D eigenvalue weighted by molar-refractivity contribution is 0.760. The molecule has 0 unspecified atom stereocenters. The van der Waals surface area contributed by atoms with E-state index >= 15 is 0 Å². The fourth-order valence-electron chi connectivity index (χ4n) is 2.45.